The molecule has 0 radical (unpaired) electrons. The van der Waals surface area contributed by atoms with Crippen LogP contribution in [-0.4, -0.2) is 24.3 Å². The zero-order valence-electron chi connectivity index (χ0n) is 13.9. The zero-order chi connectivity index (χ0) is 19.2. The van der Waals surface area contributed by atoms with Gasteiger partial charge in [0.2, 0.25) is 0 Å². The van der Waals surface area contributed by atoms with E-state index >= 15 is 0 Å². The fraction of sp³-hybridized carbons (Fsp3) is 0.111. The van der Waals surface area contributed by atoms with E-state index in [4.69, 9.17) is 9.79 Å². The molecule has 6 nitrogen and oxygen atoms in total. The molecule has 4 aromatic rings. The van der Waals surface area contributed by atoms with Crippen molar-refractivity contribution in [2.45, 2.75) is 12.7 Å². The Bertz CT molecular complexity index is 1200. The number of hydrogen-bond acceptors (Lipinski definition) is 3. The van der Waals surface area contributed by atoms with Gasteiger partial charge >= 0.3 is 7.60 Å². The number of aromatic nitrogens is 3. The predicted octanol–water partition coefficient (Wildman–Crippen LogP) is 3.59. The van der Waals surface area contributed by atoms with Crippen molar-refractivity contribution < 1.29 is 23.1 Å². The molecule has 0 amide bonds. The lowest BCUT2D eigenvalue weighted by molar-refractivity contribution is 0.371. The minimum absolute atomic E-state index is 0.332. The highest BCUT2D eigenvalue weighted by Crippen LogP contribution is 2.39. The van der Waals surface area contributed by atoms with Crippen molar-refractivity contribution in [1.82, 2.24) is 14.5 Å². The molecule has 0 atom stereocenters. The topological polar surface area (TPSA) is 88.2 Å². The normalized spacial score (nSPS) is 12.1. The molecule has 0 aliphatic carbocycles. The van der Waals surface area contributed by atoms with Crippen LogP contribution in [0.4, 0.5) is 8.78 Å². The van der Waals surface area contributed by atoms with E-state index < -0.39 is 19.2 Å². The second-order valence-electron chi connectivity index (χ2n) is 6.27. The molecule has 2 aromatic heterocycles. The summed E-state index contributed by atoms with van der Waals surface area (Å²) in [6.45, 7) is 0.342. The molecule has 2 heterocycles. The monoisotopic (exact) mass is 389 g/mol. The molecule has 0 saturated heterocycles. The van der Waals surface area contributed by atoms with Crippen LogP contribution in [0.5, 0.6) is 0 Å². The summed E-state index contributed by atoms with van der Waals surface area (Å²) >= 11 is 0. The van der Waals surface area contributed by atoms with Gasteiger partial charge in [-0.05, 0) is 17.2 Å². The molecule has 0 saturated carbocycles. The Morgan fingerprint density at radius 2 is 1.67 bits per heavy atom. The number of benzene rings is 2. The van der Waals surface area contributed by atoms with E-state index in [-0.39, 0.29) is 6.16 Å². The van der Waals surface area contributed by atoms with Crippen molar-refractivity contribution >= 4 is 29.5 Å². The highest BCUT2D eigenvalue weighted by Gasteiger charge is 2.16. The maximum atomic E-state index is 13.8. The third-order valence-electron chi connectivity index (χ3n) is 4.32. The molecular formula is C18H14F2N3O3P. The van der Waals surface area contributed by atoms with E-state index in [0.29, 0.717) is 34.0 Å². The Kier molecular flexibility index (Phi) is 4.26. The highest BCUT2D eigenvalue weighted by atomic mass is 31.2. The lowest BCUT2D eigenvalue weighted by Crippen LogP contribution is -2.00. The van der Waals surface area contributed by atoms with E-state index in [1.807, 2.05) is 0 Å². The molecule has 138 valence electrons. The van der Waals surface area contributed by atoms with E-state index in [1.165, 1.54) is 6.33 Å². The van der Waals surface area contributed by atoms with Crippen LogP contribution in [0.3, 0.4) is 0 Å². The summed E-state index contributed by atoms with van der Waals surface area (Å²) in [5, 5.41) is 0.490. The van der Waals surface area contributed by atoms with Gasteiger partial charge in [0.15, 0.2) is 11.6 Å². The van der Waals surface area contributed by atoms with Gasteiger partial charge in [-0.2, -0.15) is 0 Å². The van der Waals surface area contributed by atoms with Gasteiger partial charge in [0.25, 0.3) is 0 Å². The minimum Gasteiger partial charge on any atom is -0.333 e. The molecule has 0 unspecified atom stereocenters. The Labute approximate surface area is 152 Å². The summed E-state index contributed by atoms with van der Waals surface area (Å²) < 4.78 is 40.4. The number of hydrogen-bond donors (Lipinski definition) is 2. The molecule has 0 aliphatic rings. The second kappa shape index (κ2) is 6.49. The Balaban J connectivity index is 1.79. The standard InChI is InChI=1S/C18H14F2N3O3P/c19-14-5-13-16(6-15(14)20)23(17-7-21-10-22-18(13)17)8-11-1-3-12(4-2-11)9-27(24,25)26/h1-7,10H,8-9H2,(H2,24,25,26). The largest absolute Gasteiger partial charge is 0.333 e. The van der Waals surface area contributed by atoms with Gasteiger partial charge in [-0.3, -0.25) is 4.57 Å². The van der Waals surface area contributed by atoms with Crippen molar-refractivity contribution in [3.05, 3.63) is 71.7 Å². The maximum absolute atomic E-state index is 13.8. The van der Waals surface area contributed by atoms with Crippen molar-refractivity contribution in [3.8, 4) is 0 Å². The molecule has 27 heavy (non-hydrogen) atoms. The third-order valence-corrected chi connectivity index (χ3v) is 5.10. The number of halogens is 2. The molecule has 4 rings (SSSR count). The Morgan fingerprint density at radius 1 is 1.00 bits per heavy atom. The molecule has 0 bridgehead atoms. The van der Waals surface area contributed by atoms with Gasteiger partial charge in [0.1, 0.15) is 6.33 Å². The Hall–Kier alpha value is -2.67. The quantitative estimate of drug-likeness (QED) is 0.521. The molecule has 2 N–H and O–H groups in total. The minimum atomic E-state index is -4.13. The lowest BCUT2D eigenvalue weighted by atomic mass is 10.1. The van der Waals surface area contributed by atoms with Crippen LogP contribution >= 0.6 is 7.60 Å². The number of nitrogens with zero attached hydrogens (tertiary/aromatic N) is 3. The second-order valence-corrected chi connectivity index (χ2v) is 7.91. The van der Waals surface area contributed by atoms with Crippen molar-refractivity contribution in [2.75, 3.05) is 0 Å². The summed E-state index contributed by atoms with van der Waals surface area (Å²) in [5.74, 6) is -1.89. The van der Waals surface area contributed by atoms with Crippen LogP contribution in [-0.2, 0) is 17.3 Å². The van der Waals surface area contributed by atoms with Gasteiger partial charge < -0.3 is 14.4 Å². The van der Waals surface area contributed by atoms with E-state index in [0.717, 1.165) is 17.7 Å². The average Bonchev–Trinajstić information content (AvgIpc) is 2.89. The van der Waals surface area contributed by atoms with Crippen LogP contribution in [0.15, 0.2) is 48.9 Å². The van der Waals surface area contributed by atoms with Gasteiger partial charge in [-0.1, -0.05) is 24.3 Å². The molecule has 0 aliphatic heterocycles. The van der Waals surface area contributed by atoms with Crippen LogP contribution < -0.4 is 0 Å². The first-order chi connectivity index (χ1) is 12.8. The first-order valence-electron chi connectivity index (χ1n) is 8.01. The number of fused-ring (bicyclic) bond motifs is 3. The first-order valence-corrected chi connectivity index (χ1v) is 9.81. The van der Waals surface area contributed by atoms with Crippen molar-refractivity contribution in [2.24, 2.45) is 0 Å². The van der Waals surface area contributed by atoms with Crippen LogP contribution in [0.1, 0.15) is 11.1 Å². The lowest BCUT2D eigenvalue weighted by Gasteiger charge is -2.09. The molecule has 9 heteroatoms. The fourth-order valence-electron chi connectivity index (χ4n) is 3.15. The van der Waals surface area contributed by atoms with Crippen LogP contribution in [0.25, 0.3) is 21.9 Å². The van der Waals surface area contributed by atoms with Crippen LogP contribution in [0.2, 0.25) is 0 Å². The van der Waals surface area contributed by atoms with Gasteiger partial charge in [0, 0.05) is 18.0 Å². The average molecular weight is 389 g/mol. The predicted molar refractivity (Wildman–Crippen MR) is 96.2 cm³/mol. The van der Waals surface area contributed by atoms with Gasteiger partial charge in [-0.25, -0.2) is 18.7 Å². The molecular weight excluding hydrogens is 375 g/mol. The summed E-state index contributed by atoms with van der Waals surface area (Å²) in [6, 6.07) is 9.02. The zero-order valence-corrected chi connectivity index (χ0v) is 14.8. The van der Waals surface area contributed by atoms with Crippen molar-refractivity contribution in [3.63, 3.8) is 0 Å². The van der Waals surface area contributed by atoms with Crippen molar-refractivity contribution in [1.29, 1.82) is 0 Å². The fourth-order valence-corrected chi connectivity index (χ4v) is 3.83. The SMILES string of the molecule is O=P(O)(O)Cc1ccc(Cn2c3cc(F)c(F)cc3c3ncncc32)cc1. The Morgan fingerprint density at radius 3 is 2.37 bits per heavy atom. The highest BCUT2D eigenvalue weighted by molar-refractivity contribution is 7.50. The summed E-state index contributed by atoms with van der Waals surface area (Å²) in [7, 11) is -4.13. The van der Waals surface area contributed by atoms with Gasteiger partial charge in [0.05, 0.1) is 28.9 Å². The van der Waals surface area contributed by atoms with E-state index in [2.05, 4.69) is 9.97 Å². The van der Waals surface area contributed by atoms with E-state index in [9.17, 15) is 13.3 Å². The molecule has 0 spiro atoms. The summed E-state index contributed by atoms with van der Waals surface area (Å²) in [6.07, 6.45) is 2.60. The molecule has 0 fully saturated rings. The van der Waals surface area contributed by atoms with Gasteiger partial charge in [-0.15, -0.1) is 0 Å². The third kappa shape index (κ3) is 3.47. The summed E-state index contributed by atoms with van der Waals surface area (Å²) in [5.41, 5.74) is 3.00. The van der Waals surface area contributed by atoms with Crippen LogP contribution in [0, 0.1) is 11.6 Å². The first kappa shape index (κ1) is 17.7. The number of rotatable bonds is 4. The van der Waals surface area contributed by atoms with E-state index in [1.54, 1.807) is 35.0 Å². The summed E-state index contributed by atoms with van der Waals surface area (Å²) in [4.78, 5) is 26.3. The smallest absolute Gasteiger partial charge is 0.329 e. The molecule has 2 aromatic carbocycles. The maximum Gasteiger partial charge on any atom is 0.329 e.